The molecule has 1 aliphatic heterocycles. The molecule has 1 radical (unpaired) electrons. The van der Waals surface area contributed by atoms with E-state index in [-0.39, 0.29) is 6.54 Å². The van der Waals surface area contributed by atoms with Crippen molar-refractivity contribution in [3.8, 4) is 0 Å². The maximum absolute atomic E-state index is 11.6. The third-order valence-electron chi connectivity index (χ3n) is 0.747. The molecule has 1 heterocycles. The van der Waals surface area contributed by atoms with Crippen LogP contribution < -0.4 is 0 Å². The van der Waals surface area contributed by atoms with Gasteiger partial charge in [0, 0.05) is 5.75 Å². The van der Waals surface area contributed by atoms with E-state index in [1.54, 1.807) is 0 Å². The second-order valence-corrected chi connectivity index (χ2v) is 2.38. The van der Waals surface area contributed by atoms with Crippen LogP contribution in [0.15, 0.2) is 4.99 Å². The maximum atomic E-state index is 11.6. The number of hydrogen-bond acceptors (Lipinski definition) is 2. The molecule has 1 rings (SSSR count). The minimum Gasteiger partial charge on any atom is -0.273 e. The van der Waals surface area contributed by atoms with Crippen molar-refractivity contribution in [1.29, 1.82) is 0 Å². The molecule has 0 saturated carbocycles. The molecule has 0 unspecified atom stereocenters. The van der Waals surface area contributed by atoms with Crippen LogP contribution in [0.4, 0.5) is 13.2 Å². The molecule has 0 aromatic heterocycles. The first-order chi connectivity index (χ1) is 4.11. The molecule has 5 heteroatoms. The topological polar surface area (TPSA) is 12.4 Å². The second-order valence-electron chi connectivity index (χ2n) is 1.43. The van der Waals surface area contributed by atoms with Crippen molar-refractivity contribution < 1.29 is 13.2 Å². The van der Waals surface area contributed by atoms with Gasteiger partial charge in [-0.15, -0.1) is 0 Å². The molecule has 51 valence electrons. The van der Waals surface area contributed by atoms with Crippen LogP contribution in [0.1, 0.15) is 0 Å². The fraction of sp³-hybridized carbons (Fsp3) is 0.500. The summed E-state index contributed by atoms with van der Waals surface area (Å²) in [6, 6.07) is 0. The van der Waals surface area contributed by atoms with Crippen LogP contribution in [0.3, 0.4) is 0 Å². The number of aliphatic imine (C=N–C) groups is 1. The highest BCUT2D eigenvalue weighted by Crippen LogP contribution is 2.30. The molecule has 0 spiro atoms. The maximum Gasteiger partial charge on any atom is 0.439 e. The minimum atomic E-state index is -4.24. The fourth-order valence-corrected chi connectivity index (χ4v) is 1.02. The zero-order valence-corrected chi connectivity index (χ0v) is 5.09. The average Bonchev–Trinajstić information content (AvgIpc) is 2.08. The van der Waals surface area contributed by atoms with Crippen molar-refractivity contribution in [2.45, 2.75) is 6.18 Å². The van der Waals surface area contributed by atoms with Gasteiger partial charge in [-0.3, -0.25) is 4.99 Å². The highest BCUT2D eigenvalue weighted by Gasteiger charge is 2.37. The predicted octanol–water partition coefficient (Wildman–Crippen LogP) is 1.86. The largest absolute Gasteiger partial charge is 0.439 e. The van der Waals surface area contributed by atoms with E-state index in [1.807, 2.05) is 0 Å². The predicted molar refractivity (Wildman–Crippen MR) is 30.2 cm³/mol. The van der Waals surface area contributed by atoms with Gasteiger partial charge in [0.2, 0.25) is 0 Å². The lowest BCUT2D eigenvalue weighted by atomic mass is 10.7. The van der Waals surface area contributed by atoms with Gasteiger partial charge in [0.25, 0.3) is 0 Å². The summed E-state index contributed by atoms with van der Waals surface area (Å²) in [7, 11) is 0. The summed E-state index contributed by atoms with van der Waals surface area (Å²) in [4.78, 5) is 3.21. The van der Waals surface area contributed by atoms with E-state index in [1.165, 1.54) is 5.75 Å². The van der Waals surface area contributed by atoms with Gasteiger partial charge >= 0.3 is 6.18 Å². The van der Waals surface area contributed by atoms with Gasteiger partial charge in [-0.05, 0) is 0 Å². The van der Waals surface area contributed by atoms with Gasteiger partial charge in [-0.2, -0.15) is 13.2 Å². The summed E-state index contributed by atoms with van der Waals surface area (Å²) in [5.74, 6) is 1.42. The summed E-state index contributed by atoms with van der Waals surface area (Å²) in [6.45, 7) is 0.180. The van der Waals surface area contributed by atoms with E-state index >= 15 is 0 Å². The average molecular weight is 154 g/mol. The molecule has 0 fully saturated rings. The minimum absolute atomic E-state index is 0.180. The Bertz CT molecular complexity index is 139. The quantitative estimate of drug-likeness (QED) is 0.518. The van der Waals surface area contributed by atoms with Crippen LogP contribution in [-0.2, 0) is 0 Å². The van der Waals surface area contributed by atoms with Crippen molar-refractivity contribution in [3.05, 3.63) is 5.75 Å². The molecule has 0 aromatic carbocycles. The number of nitrogens with zero attached hydrogens (tertiary/aromatic N) is 1. The van der Waals surface area contributed by atoms with Crippen molar-refractivity contribution >= 4 is 16.8 Å². The molecular formula is C4H3F3NS. The Morgan fingerprint density at radius 1 is 1.56 bits per heavy atom. The van der Waals surface area contributed by atoms with Crippen LogP contribution in [0.5, 0.6) is 0 Å². The number of halogens is 3. The molecule has 0 N–H and O–H groups in total. The fourth-order valence-electron chi connectivity index (χ4n) is 0.430. The molecule has 1 nitrogen and oxygen atoms in total. The Hall–Kier alpha value is -0.190. The first-order valence-corrected chi connectivity index (χ1v) is 3.08. The molecule has 0 amide bonds. The standard InChI is InChI=1S/C4H3F3NS/c5-4(6,7)3-8-1-2-9-3/h2H,1H2. The van der Waals surface area contributed by atoms with Crippen LogP contribution in [0, 0.1) is 5.75 Å². The summed E-state index contributed by atoms with van der Waals surface area (Å²) in [5, 5.41) is -0.734. The lowest BCUT2D eigenvalue weighted by molar-refractivity contribution is -0.0554. The van der Waals surface area contributed by atoms with E-state index in [0.717, 1.165) is 0 Å². The third kappa shape index (κ3) is 1.61. The number of hydrogen-bond donors (Lipinski definition) is 0. The summed E-state index contributed by atoms with van der Waals surface area (Å²) in [6.07, 6.45) is -4.24. The summed E-state index contributed by atoms with van der Waals surface area (Å²) in [5.41, 5.74) is 0. The highest BCUT2D eigenvalue weighted by molar-refractivity contribution is 8.16. The van der Waals surface area contributed by atoms with E-state index in [0.29, 0.717) is 11.8 Å². The van der Waals surface area contributed by atoms with Crippen LogP contribution in [-0.4, -0.2) is 17.8 Å². The second kappa shape index (κ2) is 2.21. The monoisotopic (exact) mass is 154 g/mol. The third-order valence-corrected chi connectivity index (χ3v) is 1.65. The van der Waals surface area contributed by atoms with Crippen molar-refractivity contribution in [2.24, 2.45) is 4.99 Å². The van der Waals surface area contributed by atoms with Gasteiger partial charge in [0.05, 0.1) is 6.54 Å². The van der Waals surface area contributed by atoms with Gasteiger partial charge < -0.3 is 0 Å². The molecule has 9 heavy (non-hydrogen) atoms. The summed E-state index contributed by atoms with van der Waals surface area (Å²) >= 11 is 0.649. The van der Waals surface area contributed by atoms with Gasteiger partial charge in [-0.25, -0.2) is 0 Å². The number of alkyl halides is 3. The lowest BCUT2D eigenvalue weighted by Crippen LogP contribution is -2.17. The Balaban J connectivity index is 2.61. The summed E-state index contributed by atoms with van der Waals surface area (Å²) < 4.78 is 34.8. The normalized spacial score (nSPS) is 20.1. The first kappa shape index (κ1) is 6.92. The molecule has 0 bridgehead atoms. The van der Waals surface area contributed by atoms with Crippen LogP contribution in [0.25, 0.3) is 0 Å². The highest BCUT2D eigenvalue weighted by atomic mass is 32.2. The van der Waals surface area contributed by atoms with Gasteiger partial charge in [0.1, 0.15) is 0 Å². The Morgan fingerprint density at radius 3 is 2.44 bits per heavy atom. The van der Waals surface area contributed by atoms with Gasteiger partial charge in [0.15, 0.2) is 5.04 Å². The van der Waals surface area contributed by atoms with Crippen molar-refractivity contribution in [2.75, 3.05) is 6.54 Å². The molecular weight excluding hydrogens is 151 g/mol. The Morgan fingerprint density at radius 2 is 2.22 bits per heavy atom. The SMILES string of the molecule is FC(F)(F)C1=NC[CH]S1. The molecule has 1 aliphatic rings. The molecule has 0 saturated heterocycles. The van der Waals surface area contributed by atoms with Crippen LogP contribution >= 0.6 is 11.8 Å². The van der Waals surface area contributed by atoms with E-state index in [4.69, 9.17) is 0 Å². The zero-order chi connectivity index (χ0) is 6.91. The number of thioether (sulfide) groups is 1. The smallest absolute Gasteiger partial charge is 0.273 e. The van der Waals surface area contributed by atoms with E-state index in [9.17, 15) is 13.2 Å². The lowest BCUT2D eigenvalue weighted by Gasteiger charge is -2.01. The molecule has 0 atom stereocenters. The molecule has 0 aliphatic carbocycles. The molecule has 0 aromatic rings. The van der Waals surface area contributed by atoms with E-state index in [2.05, 4.69) is 4.99 Å². The van der Waals surface area contributed by atoms with Crippen molar-refractivity contribution in [1.82, 2.24) is 0 Å². The van der Waals surface area contributed by atoms with Gasteiger partial charge in [-0.1, -0.05) is 11.8 Å². The zero-order valence-electron chi connectivity index (χ0n) is 4.27. The Labute approximate surface area is 54.3 Å². The van der Waals surface area contributed by atoms with Crippen LogP contribution in [0.2, 0.25) is 0 Å². The van der Waals surface area contributed by atoms with Crippen molar-refractivity contribution in [3.63, 3.8) is 0 Å². The first-order valence-electron chi connectivity index (χ1n) is 2.20. The Kier molecular flexibility index (Phi) is 1.70. The van der Waals surface area contributed by atoms with E-state index < -0.39 is 11.2 Å². The number of rotatable bonds is 0.